The molecule has 4 N–H and O–H groups in total. The molecule has 0 radical (unpaired) electrons. The second-order valence-corrected chi connectivity index (χ2v) is 11.6. The van der Waals surface area contributed by atoms with Crippen LogP contribution in [0.1, 0.15) is 77.8 Å². The van der Waals surface area contributed by atoms with Crippen molar-refractivity contribution in [3.63, 3.8) is 0 Å². The molecule has 1 aromatic rings. The Bertz CT molecular complexity index is 809. The van der Waals surface area contributed by atoms with E-state index in [0.717, 1.165) is 44.5 Å². The summed E-state index contributed by atoms with van der Waals surface area (Å²) in [5.74, 6) is 1.50. The molecule has 1 saturated heterocycles. The van der Waals surface area contributed by atoms with E-state index in [1.165, 1.54) is 11.1 Å². The van der Waals surface area contributed by atoms with Crippen LogP contribution in [-0.4, -0.2) is 62.7 Å². The van der Waals surface area contributed by atoms with Crippen LogP contribution in [-0.2, 0) is 27.1 Å². The number of hydrogen-bond acceptors (Lipinski definition) is 6. The van der Waals surface area contributed by atoms with Crippen molar-refractivity contribution in [1.82, 2.24) is 5.32 Å². The average Bonchev–Trinajstić information content (AvgIpc) is 3.41. The fraction of sp³-hybridized carbons (Fsp3) is 0.774. The van der Waals surface area contributed by atoms with Crippen LogP contribution < -0.4 is 15.8 Å². The molecule has 1 heterocycles. The summed E-state index contributed by atoms with van der Waals surface area (Å²) in [6, 6.07) is 6.09. The molecule has 1 fully saturated rings. The third-order valence-electron chi connectivity index (χ3n) is 7.93. The smallest absolute Gasteiger partial charge is 0.223 e. The Hall–Kier alpha value is -1.67. The number of ether oxygens (including phenoxy) is 3. The number of aliphatic hydroxyl groups is 1. The first-order valence-corrected chi connectivity index (χ1v) is 14.7. The highest BCUT2D eigenvalue weighted by atomic mass is 16.5. The number of carbonyl (C=O) groups excluding carboxylic acids is 1. The maximum Gasteiger partial charge on any atom is 0.223 e. The van der Waals surface area contributed by atoms with Gasteiger partial charge in [-0.2, -0.15) is 0 Å². The van der Waals surface area contributed by atoms with Gasteiger partial charge in [0.1, 0.15) is 5.75 Å². The van der Waals surface area contributed by atoms with E-state index in [9.17, 15) is 9.90 Å². The molecule has 7 heteroatoms. The summed E-state index contributed by atoms with van der Waals surface area (Å²) < 4.78 is 16.7. The summed E-state index contributed by atoms with van der Waals surface area (Å²) >= 11 is 0. The van der Waals surface area contributed by atoms with Crippen molar-refractivity contribution < 1.29 is 24.1 Å². The summed E-state index contributed by atoms with van der Waals surface area (Å²) in [7, 11) is 1.70. The van der Waals surface area contributed by atoms with Gasteiger partial charge < -0.3 is 30.4 Å². The van der Waals surface area contributed by atoms with Crippen LogP contribution in [0.5, 0.6) is 5.75 Å². The molecule has 7 nitrogen and oxygen atoms in total. The third-order valence-corrected chi connectivity index (χ3v) is 7.93. The lowest BCUT2D eigenvalue weighted by Crippen LogP contribution is -2.43. The minimum atomic E-state index is -0.730. The van der Waals surface area contributed by atoms with Crippen molar-refractivity contribution in [3.05, 3.63) is 29.3 Å². The van der Waals surface area contributed by atoms with Crippen LogP contribution in [0.4, 0.5) is 0 Å². The Balaban J connectivity index is 1.95. The van der Waals surface area contributed by atoms with Crippen molar-refractivity contribution in [2.45, 2.75) is 97.8 Å². The third kappa shape index (κ3) is 10.8. The van der Waals surface area contributed by atoms with Crippen molar-refractivity contribution in [3.8, 4) is 5.75 Å². The molecule has 218 valence electrons. The summed E-state index contributed by atoms with van der Waals surface area (Å²) in [5.41, 5.74) is 9.03. The van der Waals surface area contributed by atoms with Gasteiger partial charge in [0, 0.05) is 45.2 Å². The van der Waals surface area contributed by atoms with E-state index in [-0.39, 0.29) is 29.9 Å². The zero-order valence-electron chi connectivity index (χ0n) is 24.7. The fourth-order valence-electron chi connectivity index (χ4n) is 5.23. The first-order chi connectivity index (χ1) is 18.2. The van der Waals surface area contributed by atoms with E-state index in [1.807, 2.05) is 13.8 Å². The molecule has 0 aliphatic carbocycles. The number of benzene rings is 1. The van der Waals surface area contributed by atoms with Gasteiger partial charge in [0.25, 0.3) is 0 Å². The van der Waals surface area contributed by atoms with E-state index in [0.29, 0.717) is 44.4 Å². The van der Waals surface area contributed by atoms with Crippen molar-refractivity contribution in [2.75, 3.05) is 33.5 Å². The van der Waals surface area contributed by atoms with Crippen LogP contribution in [0.25, 0.3) is 0 Å². The minimum absolute atomic E-state index is 0.0150. The van der Waals surface area contributed by atoms with Crippen molar-refractivity contribution in [2.24, 2.45) is 29.4 Å². The molecule has 5 atom stereocenters. The Morgan fingerprint density at radius 1 is 1.18 bits per heavy atom. The molecular formula is C31H54N2O5. The summed E-state index contributed by atoms with van der Waals surface area (Å²) in [6.45, 7) is 13.3. The highest BCUT2D eigenvalue weighted by molar-refractivity contribution is 5.78. The van der Waals surface area contributed by atoms with E-state index in [2.05, 4.69) is 44.3 Å². The van der Waals surface area contributed by atoms with Gasteiger partial charge in [-0.1, -0.05) is 46.8 Å². The van der Waals surface area contributed by atoms with Gasteiger partial charge in [-0.25, -0.2) is 0 Å². The second-order valence-electron chi connectivity index (χ2n) is 11.6. The number of nitrogens with two attached hydrogens (primary N) is 1. The van der Waals surface area contributed by atoms with Crippen LogP contribution in [0, 0.1) is 23.7 Å². The highest BCUT2D eigenvalue weighted by Gasteiger charge is 2.30. The molecule has 1 aromatic carbocycles. The molecule has 38 heavy (non-hydrogen) atoms. The lowest BCUT2D eigenvalue weighted by Gasteiger charge is -2.30. The monoisotopic (exact) mass is 534 g/mol. The topological polar surface area (TPSA) is 103 Å². The van der Waals surface area contributed by atoms with E-state index in [1.54, 1.807) is 7.11 Å². The molecular weight excluding hydrogens is 480 g/mol. The van der Waals surface area contributed by atoms with Crippen molar-refractivity contribution in [1.29, 1.82) is 0 Å². The second kappa shape index (κ2) is 17.1. The largest absolute Gasteiger partial charge is 0.493 e. The van der Waals surface area contributed by atoms with Gasteiger partial charge in [-0.15, -0.1) is 0 Å². The van der Waals surface area contributed by atoms with Gasteiger partial charge in [0.05, 0.1) is 18.8 Å². The number of amides is 1. The standard InChI is InChI=1S/C31H54N2O5/c1-7-24-16-23(11-12-30(24)38-15-9-13-36-6)17-25(21(2)3)18-28(32)29(34)19-27(22(4)5)31(35)33-20-26-10-8-14-37-26/h11-12,16,21-22,25-29,34H,7-10,13-15,17-20,32H2,1-6H3,(H,33,35)/t25?,26-,27?,28?,29?/m0/s1. The number of aliphatic hydroxyl groups excluding tert-OH is 1. The van der Waals surface area contributed by atoms with Gasteiger partial charge in [-0.3, -0.25) is 4.79 Å². The number of hydrogen-bond donors (Lipinski definition) is 3. The Morgan fingerprint density at radius 2 is 1.95 bits per heavy atom. The molecule has 0 saturated carbocycles. The predicted octanol–water partition coefficient (Wildman–Crippen LogP) is 4.51. The maximum absolute atomic E-state index is 12.9. The minimum Gasteiger partial charge on any atom is -0.493 e. The number of methoxy groups -OCH3 is 1. The van der Waals surface area contributed by atoms with Crippen LogP contribution >= 0.6 is 0 Å². The predicted molar refractivity (Wildman–Crippen MR) is 153 cm³/mol. The Kier molecular flexibility index (Phi) is 14.7. The van der Waals surface area contributed by atoms with E-state index in [4.69, 9.17) is 19.9 Å². The number of nitrogens with one attached hydrogen (secondary N) is 1. The Morgan fingerprint density at radius 3 is 2.55 bits per heavy atom. The number of aryl methyl sites for hydroxylation is 1. The quantitative estimate of drug-likeness (QED) is 0.239. The molecule has 1 amide bonds. The van der Waals surface area contributed by atoms with Gasteiger partial charge in [0.15, 0.2) is 0 Å². The zero-order chi connectivity index (χ0) is 28.1. The molecule has 0 bridgehead atoms. The summed E-state index contributed by atoms with van der Waals surface area (Å²) in [5, 5.41) is 14.1. The average molecular weight is 535 g/mol. The SMILES string of the molecule is CCc1cc(CC(CC(N)C(O)CC(C(=O)NC[C@@H]2CCCO2)C(C)C)C(C)C)ccc1OCCCOC. The maximum atomic E-state index is 12.9. The Labute approximate surface area is 231 Å². The first-order valence-electron chi connectivity index (χ1n) is 14.7. The van der Waals surface area contributed by atoms with Gasteiger partial charge >= 0.3 is 0 Å². The van der Waals surface area contributed by atoms with Crippen LogP contribution in [0.2, 0.25) is 0 Å². The van der Waals surface area contributed by atoms with Gasteiger partial charge in [-0.05, 0) is 73.5 Å². The molecule has 1 aliphatic rings. The lowest BCUT2D eigenvalue weighted by molar-refractivity contribution is -0.128. The molecule has 4 unspecified atom stereocenters. The lowest BCUT2D eigenvalue weighted by atomic mass is 9.80. The fourth-order valence-corrected chi connectivity index (χ4v) is 5.23. The molecule has 1 aliphatic heterocycles. The van der Waals surface area contributed by atoms with E-state index < -0.39 is 6.10 Å². The molecule has 0 aromatic heterocycles. The normalized spacial score (nSPS) is 18.9. The van der Waals surface area contributed by atoms with E-state index >= 15 is 0 Å². The summed E-state index contributed by atoms with van der Waals surface area (Å²) in [4.78, 5) is 12.9. The van der Waals surface area contributed by atoms with Gasteiger partial charge in [0.2, 0.25) is 5.91 Å². The molecule has 2 rings (SSSR count). The van der Waals surface area contributed by atoms with Crippen molar-refractivity contribution >= 4 is 5.91 Å². The molecule has 0 spiro atoms. The van der Waals surface area contributed by atoms with Crippen LogP contribution in [0.3, 0.4) is 0 Å². The number of rotatable bonds is 18. The summed E-state index contributed by atoms with van der Waals surface area (Å²) in [6.07, 6.45) is 5.15. The van der Waals surface area contributed by atoms with Crippen LogP contribution in [0.15, 0.2) is 18.2 Å². The highest BCUT2D eigenvalue weighted by Crippen LogP contribution is 2.28. The zero-order valence-corrected chi connectivity index (χ0v) is 24.7. The number of carbonyl (C=O) groups is 1. The first kappa shape index (κ1) is 32.5.